The molecule has 1 aromatic carbocycles. The molecule has 1 aliphatic carbocycles. The van der Waals surface area contributed by atoms with Crippen LogP contribution in [0.1, 0.15) is 18.4 Å². The highest BCUT2D eigenvalue weighted by Gasteiger charge is 2.34. The molecule has 2 aliphatic rings. The number of anilines is 1. The summed E-state index contributed by atoms with van der Waals surface area (Å²) in [4.78, 5) is 18.7. The fourth-order valence-corrected chi connectivity index (χ4v) is 4.68. The molecule has 30 heavy (non-hydrogen) atoms. The van der Waals surface area contributed by atoms with Crippen molar-refractivity contribution in [1.82, 2.24) is 19.5 Å². The predicted molar refractivity (Wildman–Crippen MR) is 114 cm³/mol. The first-order valence-electron chi connectivity index (χ1n) is 10.0. The lowest BCUT2D eigenvalue weighted by Crippen LogP contribution is -2.53. The van der Waals surface area contributed by atoms with Gasteiger partial charge in [-0.2, -0.15) is 4.98 Å². The Balaban J connectivity index is 1.31. The summed E-state index contributed by atoms with van der Waals surface area (Å²) in [6.45, 7) is 1.92. The van der Waals surface area contributed by atoms with Crippen molar-refractivity contribution in [2.45, 2.75) is 24.6 Å². The topological polar surface area (TPSA) is 96.7 Å². The minimum atomic E-state index is -2.95. The molecule has 2 fully saturated rings. The van der Waals surface area contributed by atoms with Gasteiger partial charge in [0, 0.05) is 43.6 Å². The molecule has 0 spiro atoms. The second kappa shape index (κ2) is 7.17. The Morgan fingerprint density at radius 3 is 2.57 bits per heavy atom. The van der Waals surface area contributed by atoms with Crippen LogP contribution in [0.5, 0.6) is 0 Å². The van der Waals surface area contributed by atoms with Gasteiger partial charge in [-0.15, -0.1) is 5.10 Å². The summed E-state index contributed by atoms with van der Waals surface area (Å²) in [5.41, 5.74) is 3.77. The van der Waals surface area contributed by atoms with Gasteiger partial charge in [-0.25, -0.2) is 12.9 Å². The van der Waals surface area contributed by atoms with Crippen molar-refractivity contribution in [3.8, 4) is 11.1 Å². The summed E-state index contributed by atoms with van der Waals surface area (Å²) in [6.07, 6.45) is 4.99. The van der Waals surface area contributed by atoms with E-state index in [2.05, 4.69) is 32.4 Å². The lowest BCUT2D eigenvalue weighted by atomic mass is 10.0. The molecular weight excluding hydrogens is 402 g/mol. The standard InChI is InChI=1S/C21H23N5O3S/c1-30(28,29)17-12-25(13-17)11-14-4-6-15(7-5-14)18-3-2-10-26-19(18)22-21(24-26)23-20(27)16-8-9-16/h2-7,10,16-17H,8-9,11-13H2,1H3,(H,23,24,27). The van der Waals surface area contributed by atoms with E-state index in [1.165, 1.54) is 6.26 Å². The third-order valence-electron chi connectivity index (χ3n) is 5.75. The molecule has 1 saturated heterocycles. The quantitative estimate of drug-likeness (QED) is 0.649. The maximum Gasteiger partial charge on any atom is 0.249 e. The van der Waals surface area contributed by atoms with Crippen LogP contribution in [-0.4, -0.2) is 58.4 Å². The van der Waals surface area contributed by atoms with Crippen LogP contribution in [0, 0.1) is 5.92 Å². The van der Waals surface area contributed by atoms with E-state index in [0.717, 1.165) is 36.1 Å². The number of hydrogen-bond donors (Lipinski definition) is 1. The fraction of sp³-hybridized carbons (Fsp3) is 0.381. The van der Waals surface area contributed by atoms with Gasteiger partial charge < -0.3 is 0 Å². The summed E-state index contributed by atoms with van der Waals surface area (Å²) >= 11 is 0. The average molecular weight is 426 g/mol. The second-order valence-electron chi connectivity index (χ2n) is 8.23. The number of likely N-dealkylation sites (tertiary alicyclic amines) is 1. The molecule has 1 aliphatic heterocycles. The highest BCUT2D eigenvalue weighted by atomic mass is 32.2. The lowest BCUT2D eigenvalue weighted by Gasteiger charge is -2.37. The Kier molecular flexibility index (Phi) is 4.59. The van der Waals surface area contributed by atoms with Crippen molar-refractivity contribution >= 4 is 27.3 Å². The maximum absolute atomic E-state index is 12.0. The Labute approximate surface area is 174 Å². The molecular formula is C21H23N5O3S. The number of benzene rings is 1. The molecule has 3 aromatic rings. The summed E-state index contributed by atoms with van der Waals surface area (Å²) < 4.78 is 24.8. The van der Waals surface area contributed by atoms with Crippen molar-refractivity contribution in [1.29, 1.82) is 0 Å². The van der Waals surface area contributed by atoms with E-state index < -0.39 is 9.84 Å². The van der Waals surface area contributed by atoms with E-state index in [0.29, 0.717) is 24.7 Å². The zero-order chi connectivity index (χ0) is 20.9. The van der Waals surface area contributed by atoms with Crippen molar-refractivity contribution in [2.75, 3.05) is 24.7 Å². The van der Waals surface area contributed by atoms with Crippen LogP contribution in [0.25, 0.3) is 16.8 Å². The monoisotopic (exact) mass is 425 g/mol. The Morgan fingerprint density at radius 1 is 1.17 bits per heavy atom. The molecule has 8 nitrogen and oxygen atoms in total. The number of sulfone groups is 1. The molecule has 3 heterocycles. The molecule has 156 valence electrons. The average Bonchev–Trinajstić information content (AvgIpc) is 3.44. The number of aromatic nitrogens is 3. The molecule has 9 heteroatoms. The lowest BCUT2D eigenvalue weighted by molar-refractivity contribution is -0.117. The number of pyridine rings is 1. The van der Waals surface area contributed by atoms with Crippen LogP contribution in [0.3, 0.4) is 0 Å². The van der Waals surface area contributed by atoms with Gasteiger partial charge in [0.15, 0.2) is 15.5 Å². The summed E-state index contributed by atoms with van der Waals surface area (Å²) in [7, 11) is -2.95. The summed E-state index contributed by atoms with van der Waals surface area (Å²) in [5.74, 6) is 0.415. The Hall–Kier alpha value is -2.78. The van der Waals surface area contributed by atoms with E-state index in [9.17, 15) is 13.2 Å². The van der Waals surface area contributed by atoms with E-state index in [1.54, 1.807) is 4.52 Å². The van der Waals surface area contributed by atoms with E-state index >= 15 is 0 Å². The molecule has 1 saturated carbocycles. The molecule has 0 unspecified atom stereocenters. The van der Waals surface area contributed by atoms with Crippen LogP contribution in [0.2, 0.25) is 0 Å². The first-order valence-corrected chi connectivity index (χ1v) is 12.0. The number of nitrogens with zero attached hydrogens (tertiary/aromatic N) is 4. The fourth-order valence-electron chi connectivity index (χ4n) is 3.71. The Bertz CT molecular complexity index is 1210. The first-order chi connectivity index (χ1) is 14.4. The number of nitrogens with one attached hydrogen (secondary N) is 1. The van der Waals surface area contributed by atoms with E-state index in [1.807, 2.05) is 30.5 Å². The third kappa shape index (κ3) is 3.82. The predicted octanol–water partition coefficient (Wildman–Crippen LogP) is 1.97. The molecule has 1 N–H and O–H groups in total. The highest BCUT2D eigenvalue weighted by Crippen LogP contribution is 2.30. The van der Waals surface area contributed by atoms with Gasteiger partial charge in [0.25, 0.3) is 0 Å². The summed E-state index contributed by atoms with van der Waals surface area (Å²) in [5, 5.41) is 6.93. The molecule has 2 aromatic heterocycles. The van der Waals surface area contributed by atoms with E-state index in [-0.39, 0.29) is 17.1 Å². The molecule has 1 amide bonds. The van der Waals surface area contributed by atoms with Crippen LogP contribution in [0.15, 0.2) is 42.6 Å². The zero-order valence-corrected chi connectivity index (χ0v) is 17.5. The number of hydrogen-bond acceptors (Lipinski definition) is 6. The smallest absolute Gasteiger partial charge is 0.249 e. The Morgan fingerprint density at radius 2 is 1.90 bits per heavy atom. The highest BCUT2D eigenvalue weighted by molar-refractivity contribution is 7.91. The van der Waals surface area contributed by atoms with Crippen molar-refractivity contribution in [3.05, 3.63) is 48.2 Å². The van der Waals surface area contributed by atoms with E-state index in [4.69, 9.17) is 0 Å². The van der Waals surface area contributed by atoms with Gasteiger partial charge in [0.2, 0.25) is 11.9 Å². The molecule has 5 rings (SSSR count). The van der Waals surface area contributed by atoms with Crippen molar-refractivity contribution < 1.29 is 13.2 Å². The van der Waals surface area contributed by atoms with Gasteiger partial charge >= 0.3 is 0 Å². The maximum atomic E-state index is 12.0. The molecule has 0 atom stereocenters. The molecule has 0 radical (unpaired) electrons. The van der Waals surface area contributed by atoms with Gasteiger partial charge in [0.1, 0.15) is 0 Å². The van der Waals surface area contributed by atoms with Gasteiger partial charge in [-0.1, -0.05) is 24.3 Å². The number of carbonyl (C=O) groups is 1. The number of rotatable bonds is 6. The number of carbonyl (C=O) groups excluding carboxylic acids is 1. The van der Waals surface area contributed by atoms with Crippen LogP contribution in [0.4, 0.5) is 5.95 Å². The summed E-state index contributed by atoms with van der Waals surface area (Å²) in [6, 6.07) is 12.1. The second-order valence-corrected chi connectivity index (χ2v) is 10.6. The number of fused-ring (bicyclic) bond motifs is 1. The zero-order valence-electron chi connectivity index (χ0n) is 16.7. The van der Waals surface area contributed by atoms with Crippen molar-refractivity contribution in [3.63, 3.8) is 0 Å². The largest absolute Gasteiger partial charge is 0.296 e. The minimum Gasteiger partial charge on any atom is -0.296 e. The molecule has 0 bridgehead atoms. The van der Waals surface area contributed by atoms with Crippen LogP contribution < -0.4 is 5.32 Å². The van der Waals surface area contributed by atoms with Crippen LogP contribution in [-0.2, 0) is 21.2 Å². The minimum absolute atomic E-state index is 0.0130. The normalized spacial score (nSPS) is 17.8. The van der Waals surface area contributed by atoms with Gasteiger partial charge in [0.05, 0.1) is 5.25 Å². The SMILES string of the molecule is CS(=O)(=O)C1CN(Cc2ccc(-c3cccn4nc(NC(=O)C5CC5)nc34)cc2)C1. The number of amides is 1. The van der Waals surface area contributed by atoms with Crippen molar-refractivity contribution in [2.24, 2.45) is 5.92 Å². The van der Waals surface area contributed by atoms with Crippen LogP contribution >= 0.6 is 0 Å². The van der Waals surface area contributed by atoms with Gasteiger partial charge in [-0.3, -0.25) is 15.0 Å². The first kappa shape index (κ1) is 19.2. The van der Waals surface area contributed by atoms with Gasteiger partial charge in [-0.05, 0) is 36.1 Å². The third-order valence-corrected chi connectivity index (χ3v) is 7.25.